The number of amides is 3. The zero-order valence-corrected chi connectivity index (χ0v) is 20.8. The predicted molar refractivity (Wildman–Crippen MR) is 131 cm³/mol. The van der Waals surface area contributed by atoms with Gasteiger partial charge in [-0.25, -0.2) is 8.42 Å². The quantitative estimate of drug-likeness (QED) is 0.623. The first-order chi connectivity index (χ1) is 16.6. The highest BCUT2D eigenvalue weighted by Crippen LogP contribution is 2.31. The molecule has 2 N–H and O–H groups in total. The van der Waals surface area contributed by atoms with Crippen LogP contribution < -0.4 is 10.6 Å². The zero-order valence-electron chi connectivity index (χ0n) is 20.0. The van der Waals surface area contributed by atoms with E-state index in [-0.39, 0.29) is 48.1 Å². The summed E-state index contributed by atoms with van der Waals surface area (Å²) in [6.45, 7) is 4.13. The van der Waals surface area contributed by atoms with Crippen molar-refractivity contribution in [3.8, 4) is 11.3 Å². The van der Waals surface area contributed by atoms with Gasteiger partial charge in [0.15, 0.2) is 15.6 Å². The Morgan fingerprint density at radius 1 is 1.06 bits per heavy atom. The Labute approximate surface area is 204 Å². The van der Waals surface area contributed by atoms with Gasteiger partial charge in [0, 0.05) is 37.7 Å². The Morgan fingerprint density at radius 3 is 2.43 bits per heavy atom. The lowest BCUT2D eigenvalue weighted by Gasteiger charge is -2.27. The second kappa shape index (κ2) is 9.69. The van der Waals surface area contributed by atoms with E-state index in [4.69, 9.17) is 4.42 Å². The van der Waals surface area contributed by atoms with E-state index in [1.807, 2.05) is 38.1 Å². The monoisotopic (exact) mass is 499 g/mol. The minimum absolute atomic E-state index is 0.00144. The minimum atomic E-state index is -3.06. The topological polar surface area (TPSA) is 126 Å². The minimum Gasteiger partial charge on any atom is -0.451 e. The molecular weight excluding hydrogens is 470 g/mol. The molecule has 0 radical (unpaired) electrons. The number of benzene rings is 1. The van der Waals surface area contributed by atoms with Crippen molar-refractivity contribution in [2.24, 2.45) is 5.92 Å². The summed E-state index contributed by atoms with van der Waals surface area (Å²) in [7, 11) is -1.53. The van der Waals surface area contributed by atoms with E-state index in [1.54, 1.807) is 17.0 Å². The fourth-order valence-electron chi connectivity index (χ4n) is 4.27. The van der Waals surface area contributed by atoms with Crippen LogP contribution in [-0.2, 0) is 25.8 Å². The standard InChI is InChI=1S/C25H29N3O6S/c1-15(2)22(24(30)26-3)27-23(29)21-7-6-20(34-21)17-5-4-16-12-19(14-18(16)13-17)25(31)28-8-10-35(32,33)11-9-28/h4-7,12-13,15,22H,8-11,14H2,1-3H3,(H,26,30)(H,27,29)/t22-/m0/s1. The molecule has 1 aliphatic carbocycles. The van der Waals surface area contributed by atoms with E-state index >= 15 is 0 Å². The third-order valence-electron chi connectivity index (χ3n) is 6.36. The van der Waals surface area contributed by atoms with Crippen LogP contribution >= 0.6 is 0 Å². The van der Waals surface area contributed by atoms with E-state index in [9.17, 15) is 22.8 Å². The number of carbonyl (C=O) groups excluding carboxylic acids is 3. The lowest BCUT2D eigenvalue weighted by Crippen LogP contribution is -2.48. The van der Waals surface area contributed by atoms with Gasteiger partial charge in [-0.3, -0.25) is 14.4 Å². The molecule has 1 aromatic carbocycles. The number of nitrogens with zero attached hydrogens (tertiary/aromatic N) is 1. The van der Waals surface area contributed by atoms with Crippen LogP contribution in [0.5, 0.6) is 0 Å². The molecule has 0 bridgehead atoms. The summed E-state index contributed by atoms with van der Waals surface area (Å²) in [6, 6.07) is 8.27. The summed E-state index contributed by atoms with van der Waals surface area (Å²) < 4.78 is 29.1. The Balaban J connectivity index is 1.44. The molecule has 9 nitrogen and oxygen atoms in total. The molecule has 0 spiro atoms. The molecular formula is C25H29N3O6S. The Hall–Kier alpha value is -3.40. The van der Waals surface area contributed by atoms with Crippen molar-refractivity contribution in [1.29, 1.82) is 0 Å². The summed E-state index contributed by atoms with van der Waals surface area (Å²) >= 11 is 0. The summed E-state index contributed by atoms with van der Waals surface area (Å²) in [4.78, 5) is 39.2. The number of carbonyl (C=O) groups is 3. The maximum absolute atomic E-state index is 12.9. The van der Waals surface area contributed by atoms with Gasteiger partial charge in [0.1, 0.15) is 11.8 Å². The number of sulfone groups is 1. The van der Waals surface area contributed by atoms with Gasteiger partial charge in [-0.2, -0.15) is 0 Å². The number of hydrogen-bond acceptors (Lipinski definition) is 6. The molecule has 1 aliphatic heterocycles. The number of likely N-dealkylation sites (N-methyl/N-ethyl adjacent to an activating group) is 1. The second-order valence-electron chi connectivity index (χ2n) is 9.18. The third-order valence-corrected chi connectivity index (χ3v) is 7.97. The number of nitrogens with one attached hydrogen (secondary N) is 2. The normalized spacial score (nSPS) is 17.5. The van der Waals surface area contributed by atoms with Crippen LogP contribution in [0, 0.1) is 5.92 Å². The van der Waals surface area contributed by atoms with Crippen molar-refractivity contribution in [3.63, 3.8) is 0 Å². The zero-order chi connectivity index (χ0) is 25.3. The first-order valence-corrected chi connectivity index (χ1v) is 13.4. The summed E-state index contributed by atoms with van der Waals surface area (Å²) in [5.74, 6) is -0.379. The van der Waals surface area contributed by atoms with E-state index in [1.165, 1.54) is 7.05 Å². The molecule has 0 saturated carbocycles. The lowest BCUT2D eigenvalue weighted by molar-refractivity contribution is -0.126. The molecule has 2 aromatic rings. The van der Waals surface area contributed by atoms with Crippen molar-refractivity contribution in [1.82, 2.24) is 15.5 Å². The number of rotatable bonds is 6. The molecule has 0 unspecified atom stereocenters. The van der Waals surface area contributed by atoms with E-state index in [2.05, 4.69) is 10.6 Å². The highest BCUT2D eigenvalue weighted by molar-refractivity contribution is 7.91. The molecule has 2 aliphatic rings. The van der Waals surface area contributed by atoms with Crippen LogP contribution in [0.2, 0.25) is 0 Å². The molecule has 10 heteroatoms. The molecule has 35 heavy (non-hydrogen) atoms. The fraction of sp³-hybridized carbons (Fsp3) is 0.400. The van der Waals surface area contributed by atoms with Gasteiger partial charge in [-0.1, -0.05) is 26.0 Å². The number of hydrogen-bond donors (Lipinski definition) is 2. The number of furan rings is 1. The molecule has 2 heterocycles. The van der Waals surface area contributed by atoms with Crippen molar-refractivity contribution in [2.45, 2.75) is 26.3 Å². The Morgan fingerprint density at radius 2 is 1.77 bits per heavy atom. The molecule has 3 amide bonds. The SMILES string of the molecule is CNC(=O)[C@@H](NC(=O)c1ccc(-c2ccc3c(c2)CC(C(=O)N2CCS(=O)(=O)CC2)=C3)o1)C(C)C. The van der Waals surface area contributed by atoms with Gasteiger partial charge in [0.05, 0.1) is 11.5 Å². The predicted octanol–water partition coefficient (Wildman–Crippen LogP) is 1.64. The Kier molecular flexibility index (Phi) is 6.84. The highest BCUT2D eigenvalue weighted by Gasteiger charge is 2.29. The van der Waals surface area contributed by atoms with Crippen LogP contribution in [0.4, 0.5) is 0 Å². The van der Waals surface area contributed by atoms with Crippen molar-refractivity contribution >= 4 is 33.6 Å². The van der Waals surface area contributed by atoms with Crippen LogP contribution in [0.3, 0.4) is 0 Å². The summed E-state index contributed by atoms with van der Waals surface area (Å²) in [6.07, 6.45) is 2.29. The van der Waals surface area contributed by atoms with Crippen LogP contribution in [0.15, 0.2) is 40.3 Å². The third kappa shape index (κ3) is 5.32. The average molecular weight is 500 g/mol. The molecule has 186 valence electrons. The van der Waals surface area contributed by atoms with Gasteiger partial charge >= 0.3 is 0 Å². The van der Waals surface area contributed by atoms with Crippen molar-refractivity contribution in [3.05, 3.63) is 52.8 Å². The first-order valence-electron chi connectivity index (χ1n) is 11.5. The summed E-state index contributed by atoms with van der Waals surface area (Å²) in [5, 5.41) is 5.26. The molecule has 1 fully saturated rings. The lowest BCUT2D eigenvalue weighted by atomic mass is 10.0. The molecule has 1 saturated heterocycles. The van der Waals surface area contributed by atoms with Gasteiger partial charge < -0.3 is 20.0 Å². The van der Waals surface area contributed by atoms with E-state index in [0.29, 0.717) is 17.8 Å². The average Bonchev–Trinajstić information content (AvgIpc) is 3.48. The van der Waals surface area contributed by atoms with Crippen molar-refractivity contribution < 1.29 is 27.2 Å². The first kappa shape index (κ1) is 24.7. The van der Waals surface area contributed by atoms with Gasteiger partial charge in [-0.15, -0.1) is 0 Å². The van der Waals surface area contributed by atoms with Gasteiger partial charge in [0.25, 0.3) is 5.91 Å². The maximum Gasteiger partial charge on any atom is 0.287 e. The van der Waals surface area contributed by atoms with Gasteiger partial charge in [0.2, 0.25) is 11.8 Å². The van der Waals surface area contributed by atoms with E-state index < -0.39 is 21.8 Å². The van der Waals surface area contributed by atoms with Gasteiger partial charge in [-0.05, 0) is 41.3 Å². The molecule has 1 aromatic heterocycles. The molecule has 4 rings (SSSR count). The summed E-state index contributed by atoms with van der Waals surface area (Å²) in [5.41, 5.74) is 3.28. The highest BCUT2D eigenvalue weighted by atomic mass is 32.2. The van der Waals surface area contributed by atoms with Crippen LogP contribution in [0.25, 0.3) is 17.4 Å². The Bertz CT molecular complexity index is 1290. The molecule has 1 atom stereocenters. The fourth-order valence-corrected chi connectivity index (χ4v) is 5.47. The largest absolute Gasteiger partial charge is 0.451 e. The maximum atomic E-state index is 12.9. The van der Waals surface area contributed by atoms with Crippen LogP contribution in [0.1, 0.15) is 35.5 Å². The van der Waals surface area contributed by atoms with E-state index in [0.717, 1.165) is 16.7 Å². The smallest absolute Gasteiger partial charge is 0.287 e. The van der Waals surface area contributed by atoms with Crippen molar-refractivity contribution in [2.75, 3.05) is 31.6 Å². The number of fused-ring (bicyclic) bond motifs is 1. The van der Waals surface area contributed by atoms with Crippen LogP contribution in [-0.4, -0.2) is 68.7 Å². The second-order valence-corrected chi connectivity index (χ2v) is 11.5.